The van der Waals surface area contributed by atoms with E-state index in [0.717, 1.165) is 22.0 Å². The minimum absolute atomic E-state index is 0.0945. The lowest BCUT2D eigenvalue weighted by Gasteiger charge is -2.09. The molecule has 136 valence electrons. The predicted octanol–water partition coefficient (Wildman–Crippen LogP) is 4.28. The summed E-state index contributed by atoms with van der Waals surface area (Å²) in [6.45, 7) is 3.57. The Morgan fingerprint density at radius 1 is 0.926 bits per heavy atom. The Bertz CT molecular complexity index is 1020. The molecule has 3 rings (SSSR count). The lowest BCUT2D eigenvalue weighted by atomic mass is 10.1. The quantitative estimate of drug-likeness (QED) is 0.527. The molecular weight excluding hydrogens is 338 g/mol. The van der Waals surface area contributed by atoms with Gasteiger partial charge in [0.15, 0.2) is 0 Å². The Labute approximate surface area is 158 Å². The van der Waals surface area contributed by atoms with E-state index in [1.807, 2.05) is 61.5 Å². The smallest absolute Gasteiger partial charge is 0.271 e. The molecule has 0 heterocycles. The average molecular weight is 359 g/mol. The van der Waals surface area contributed by atoms with Crippen molar-refractivity contribution in [2.24, 2.45) is 5.10 Å². The number of fused-ring (bicyclic) bond motifs is 1. The third-order valence-electron chi connectivity index (χ3n) is 4.22. The molecule has 0 spiro atoms. The largest absolute Gasteiger partial charge is 0.325 e. The van der Waals surface area contributed by atoms with E-state index in [-0.39, 0.29) is 18.2 Å². The fourth-order valence-electron chi connectivity index (χ4n) is 2.83. The first-order chi connectivity index (χ1) is 13.0. The number of nitrogens with one attached hydrogen (secondary N) is 2. The van der Waals surface area contributed by atoms with Crippen molar-refractivity contribution in [3.63, 3.8) is 0 Å². The van der Waals surface area contributed by atoms with Gasteiger partial charge in [-0.1, -0.05) is 54.6 Å². The summed E-state index contributed by atoms with van der Waals surface area (Å²) in [7, 11) is 0. The zero-order valence-corrected chi connectivity index (χ0v) is 15.3. The summed E-state index contributed by atoms with van der Waals surface area (Å²) >= 11 is 0. The Hall–Kier alpha value is -3.47. The number of carbonyl (C=O) groups is 2. The van der Waals surface area contributed by atoms with Crippen LogP contribution in [-0.2, 0) is 4.79 Å². The monoisotopic (exact) mass is 359 g/mol. The Morgan fingerprint density at radius 2 is 1.63 bits per heavy atom. The van der Waals surface area contributed by atoms with Gasteiger partial charge in [0.25, 0.3) is 5.91 Å². The van der Waals surface area contributed by atoms with E-state index in [1.54, 1.807) is 19.1 Å². The second kappa shape index (κ2) is 8.27. The standard InChI is InChI=1S/C22H21N3O2/c1-15-8-3-5-11-18(15)22(27)25-24-16(2)14-21(26)23-20-13-7-10-17-9-4-6-12-19(17)20/h3-13H,14H2,1-2H3,(H,23,26)(H,25,27)/b24-16+. The van der Waals surface area contributed by atoms with Crippen LogP contribution in [0.15, 0.2) is 71.8 Å². The molecule has 0 saturated carbocycles. The maximum absolute atomic E-state index is 12.3. The number of amides is 2. The minimum atomic E-state index is -0.290. The van der Waals surface area contributed by atoms with Crippen LogP contribution in [0.1, 0.15) is 29.3 Å². The summed E-state index contributed by atoms with van der Waals surface area (Å²) in [5, 5.41) is 9.00. The van der Waals surface area contributed by atoms with Crippen LogP contribution >= 0.6 is 0 Å². The van der Waals surface area contributed by atoms with Crippen molar-refractivity contribution in [3.05, 3.63) is 77.9 Å². The molecule has 2 N–H and O–H groups in total. The van der Waals surface area contributed by atoms with Gasteiger partial charge in [0.1, 0.15) is 0 Å². The molecule has 27 heavy (non-hydrogen) atoms. The van der Waals surface area contributed by atoms with Crippen LogP contribution < -0.4 is 10.7 Å². The van der Waals surface area contributed by atoms with Crippen LogP contribution in [0.2, 0.25) is 0 Å². The van der Waals surface area contributed by atoms with Crippen molar-refractivity contribution in [2.45, 2.75) is 20.3 Å². The number of anilines is 1. The normalized spacial score (nSPS) is 11.3. The summed E-state index contributed by atoms with van der Waals surface area (Å²) in [6.07, 6.45) is 0.0945. The van der Waals surface area contributed by atoms with Gasteiger partial charge >= 0.3 is 0 Å². The number of hydrazone groups is 1. The molecule has 0 atom stereocenters. The van der Waals surface area contributed by atoms with Gasteiger partial charge in [-0.05, 0) is 36.9 Å². The first-order valence-corrected chi connectivity index (χ1v) is 8.71. The highest BCUT2D eigenvalue weighted by molar-refractivity contribution is 6.09. The van der Waals surface area contributed by atoms with Crippen LogP contribution in [0.25, 0.3) is 10.8 Å². The van der Waals surface area contributed by atoms with Gasteiger partial charge in [0, 0.05) is 22.3 Å². The highest BCUT2D eigenvalue weighted by atomic mass is 16.2. The van der Waals surface area contributed by atoms with E-state index in [0.29, 0.717) is 11.3 Å². The molecule has 0 bridgehead atoms. The third-order valence-corrected chi connectivity index (χ3v) is 4.22. The highest BCUT2D eigenvalue weighted by Crippen LogP contribution is 2.23. The van der Waals surface area contributed by atoms with Crippen molar-refractivity contribution in [3.8, 4) is 0 Å². The molecule has 5 nitrogen and oxygen atoms in total. The topological polar surface area (TPSA) is 70.6 Å². The second-order valence-electron chi connectivity index (χ2n) is 6.35. The third kappa shape index (κ3) is 4.58. The molecular formula is C22H21N3O2. The molecule has 0 aromatic heterocycles. The molecule has 0 saturated heterocycles. The van der Waals surface area contributed by atoms with Crippen LogP contribution in [-0.4, -0.2) is 17.5 Å². The number of hydrogen-bond acceptors (Lipinski definition) is 3. The van der Waals surface area contributed by atoms with Gasteiger partial charge in [-0.25, -0.2) is 5.43 Å². The van der Waals surface area contributed by atoms with Gasteiger partial charge in [-0.3, -0.25) is 9.59 Å². The molecule has 0 unspecified atom stereocenters. The van der Waals surface area contributed by atoms with Crippen molar-refractivity contribution < 1.29 is 9.59 Å². The maximum Gasteiger partial charge on any atom is 0.271 e. The second-order valence-corrected chi connectivity index (χ2v) is 6.35. The SMILES string of the molecule is C/C(CC(=O)Nc1cccc2ccccc12)=N\NC(=O)c1ccccc1C. The summed E-state index contributed by atoms with van der Waals surface area (Å²) in [5.41, 5.74) is 5.23. The summed E-state index contributed by atoms with van der Waals surface area (Å²) in [6, 6.07) is 20.9. The van der Waals surface area contributed by atoms with Crippen molar-refractivity contribution in [2.75, 3.05) is 5.32 Å². The number of carbonyl (C=O) groups excluding carboxylic acids is 2. The maximum atomic E-state index is 12.3. The fraction of sp³-hybridized carbons (Fsp3) is 0.136. The summed E-state index contributed by atoms with van der Waals surface area (Å²) in [4.78, 5) is 24.5. The van der Waals surface area contributed by atoms with Crippen LogP contribution in [0, 0.1) is 6.92 Å². The molecule has 0 aliphatic heterocycles. The van der Waals surface area contributed by atoms with Gasteiger partial charge in [0.2, 0.25) is 5.91 Å². The molecule has 3 aromatic rings. The lowest BCUT2D eigenvalue weighted by Crippen LogP contribution is -2.22. The van der Waals surface area contributed by atoms with Crippen molar-refractivity contribution >= 4 is 34.0 Å². The van der Waals surface area contributed by atoms with Crippen LogP contribution in [0.5, 0.6) is 0 Å². The lowest BCUT2D eigenvalue weighted by molar-refractivity contribution is -0.115. The Balaban J connectivity index is 1.62. The van der Waals surface area contributed by atoms with Crippen LogP contribution in [0.4, 0.5) is 5.69 Å². The first kappa shape index (κ1) is 18.3. The van der Waals surface area contributed by atoms with Gasteiger partial charge in [0.05, 0.1) is 6.42 Å². The fourth-order valence-corrected chi connectivity index (χ4v) is 2.83. The molecule has 0 fully saturated rings. The average Bonchev–Trinajstić information content (AvgIpc) is 2.67. The molecule has 0 radical (unpaired) electrons. The summed E-state index contributed by atoms with van der Waals surface area (Å²) in [5.74, 6) is -0.473. The van der Waals surface area contributed by atoms with E-state index >= 15 is 0 Å². The van der Waals surface area contributed by atoms with E-state index < -0.39 is 0 Å². The van der Waals surface area contributed by atoms with E-state index in [2.05, 4.69) is 15.8 Å². The number of rotatable bonds is 5. The van der Waals surface area contributed by atoms with E-state index in [4.69, 9.17) is 0 Å². The van der Waals surface area contributed by atoms with E-state index in [1.165, 1.54) is 0 Å². The number of benzene rings is 3. The zero-order valence-electron chi connectivity index (χ0n) is 15.3. The molecule has 0 aliphatic rings. The van der Waals surface area contributed by atoms with Crippen molar-refractivity contribution in [1.82, 2.24) is 5.43 Å². The summed E-state index contributed by atoms with van der Waals surface area (Å²) < 4.78 is 0. The highest BCUT2D eigenvalue weighted by Gasteiger charge is 2.09. The van der Waals surface area contributed by atoms with Gasteiger partial charge < -0.3 is 5.32 Å². The van der Waals surface area contributed by atoms with Crippen molar-refractivity contribution in [1.29, 1.82) is 0 Å². The zero-order chi connectivity index (χ0) is 19.2. The number of nitrogens with zero attached hydrogens (tertiary/aromatic N) is 1. The van der Waals surface area contributed by atoms with Gasteiger partial charge in [-0.15, -0.1) is 0 Å². The minimum Gasteiger partial charge on any atom is -0.325 e. The van der Waals surface area contributed by atoms with Crippen LogP contribution in [0.3, 0.4) is 0 Å². The Kier molecular flexibility index (Phi) is 5.61. The van der Waals surface area contributed by atoms with Gasteiger partial charge in [-0.2, -0.15) is 5.10 Å². The molecule has 0 aliphatic carbocycles. The number of aryl methyl sites for hydroxylation is 1. The predicted molar refractivity (Wildman–Crippen MR) is 109 cm³/mol. The molecule has 2 amide bonds. The first-order valence-electron chi connectivity index (χ1n) is 8.71. The Morgan fingerprint density at radius 3 is 2.44 bits per heavy atom. The van der Waals surface area contributed by atoms with E-state index in [9.17, 15) is 9.59 Å². The number of hydrogen-bond donors (Lipinski definition) is 2. The molecule has 5 heteroatoms. The molecule has 3 aromatic carbocycles.